The maximum absolute atomic E-state index is 12.0. The van der Waals surface area contributed by atoms with Gasteiger partial charge >= 0.3 is 17.9 Å². The van der Waals surface area contributed by atoms with Gasteiger partial charge in [0.05, 0.1) is 0 Å². The first-order chi connectivity index (χ1) is 17.6. The van der Waals surface area contributed by atoms with Crippen LogP contribution >= 0.6 is 0 Å². The number of hydrogen-bond donors (Lipinski definition) is 1. The minimum atomic E-state index is -1.63. The highest BCUT2D eigenvalue weighted by Crippen LogP contribution is 2.38. The summed E-state index contributed by atoms with van der Waals surface area (Å²) >= 11 is 0. The number of fused-ring (bicyclic) bond motifs is 1. The van der Waals surface area contributed by atoms with Crippen molar-refractivity contribution in [3.05, 3.63) is 58.7 Å². The molecular weight excluding hydrogens is 484 g/mol. The Balaban J connectivity index is 1.67. The van der Waals surface area contributed by atoms with E-state index in [-0.39, 0.29) is 0 Å². The minimum absolute atomic E-state index is 0.488. The average molecular weight is 515 g/mol. The lowest BCUT2D eigenvalue weighted by Crippen LogP contribution is -2.58. The average Bonchev–Trinajstić information content (AvgIpc) is 2.83. The smallest absolute Gasteiger partial charge is 0.303 e. The van der Waals surface area contributed by atoms with Crippen LogP contribution in [0.5, 0.6) is 11.5 Å². The topological polar surface area (TPSA) is 127 Å². The van der Waals surface area contributed by atoms with Crippen molar-refractivity contribution in [1.29, 1.82) is 0 Å². The monoisotopic (exact) mass is 514 g/mol. The summed E-state index contributed by atoms with van der Waals surface area (Å²) < 4.78 is 33.2. The summed E-state index contributed by atoms with van der Waals surface area (Å²) in [6.07, 6.45) is -5.93. The summed E-state index contributed by atoms with van der Waals surface area (Å²) in [6, 6.07) is 11.3. The van der Waals surface area contributed by atoms with Gasteiger partial charge in [-0.15, -0.1) is 0 Å². The number of aliphatic hydroxyl groups is 1. The third kappa shape index (κ3) is 6.20. The Kier molecular flexibility index (Phi) is 7.99. The van der Waals surface area contributed by atoms with Gasteiger partial charge in [0.15, 0.2) is 36.1 Å². The molecule has 0 radical (unpaired) electrons. The number of aliphatic hydroxyl groups excluding tert-OH is 1. The van der Waals surface area contributed by atoms with Crippen LogP contribution in [0, 0.1) is 6.92 Å². The molecule has 2 aromatic rings. The highest BCUT2D eigenvalue weighted by Gasteiger charge is 2.51. The lowest BCUT2D eigenvalue weighted by atomic mass is 9.90. The van der Waals surface area contributed by atoms with Crippen LogP contribution in [-0.2, 0) is 39.8 Å². The largest absolute Gasteiger partial charge is 0.486 e. The van der Waals surface area contributed by atoms with E-state index in [2.05, 4.69) is 0 Å². The van der Waals surface area contributed by atoms with E-state index in [9.17, 15) is 19.5 Å². The summed E-state index contributed by atoms with van der Waals surface area (Å²) in [5.41, 5.74) is 3.55. The Morgan fingerprint density at radius 3 is 2.14 bits per heavy atom. The van der Waals surface area contributed by atoms with Gasteiger partial charge in [-0.2, -0.15) is 0 Å². The van der Waals surface area contributed by atoms with Gasteiger partial charge in [0.25, 0.3) is 0 Å². The van der Waals surface area contributed by atoms with Crippen molar-refractivity contribution in [2.75, 3.05) is 13.2 Å². The summed E-state index contributed by atoms with van der Waals surface area (Å²) in [5.74, 6) is -0.686. The van der Waals surface area contributed by atoms with Gasteiger partial charge in [-0.05, 0) is 47.7 Å². The van der Waals surface area contributed by atoms with Crippen molar-refractivity contribution in [2.45, 2.75) is 64.8 Å². The zero-order valence-corrected chi connectivity index (χ0v) is 21.1. The van der Waals surface area contributed by atoms with E-state index in [1.165, 1.54) is 13.8 Å². The first-order valence-corrected chi connectivity index (χ1v) is 12.0. The maximum atomic E-state index is 12.0. The van der Waals surface area contributed by atoms with Gasteiger partial charge in [0.1, 0.15) is 19.3 Å². The van der Waals surface area contributed by atoms with Crippen molar-refractivity contribution in [1.82, 2.24) is 0 Å². The first kappa shape index (κ1) is 26.4. The second-order valence-electron chi connectivity index (χ2n) is 9.01. The molecule has 2 heterocycles. The molecule has 0 saturated carbocycles. The van der Waals surface area contributed by atoms with Gasteiger partial charge < -0.3 is 33.5 Å². The van der Waals surface area contributed by atoms with Gasteiger partial charge in [-0.3, -0.25) is 14.4 Å². The molecule has 2 aromatic carbocycles. The summed E-state index contributed by atoms with van der Waals surface area (Å²) in [7, 11) is 0. The Hall–Kier alpha value is -3.63. The van der Waals surface area contributed by atoms with E-state index in [1.54, 1.807) is 6.07 Å². The lowest BCUT2D eigenvalue weighted by Gasteiger charge is -2.43. The fraction of sp³-hybridized carbons (Fsp3) is 0.444. The molecule has 1 fully saturated rings. The molecule has 5 atom stereocenters. The highest BCUT2D eigenvalue weighted by molar-refractivity contribution is 5.68. The van der Waals surface area contributed by atoms with Crippen LogP contribution in [-0.4, -0.2) is 60.8 Å². The number of aryl methyl sites for hydroxylation is 1. The molecule has 0 amide bonds. The van der Waals surface area contributed by atoms with Crippen LogP contribution in [0.2, 0.25) is 0 Å². The quantitative estimate of drug-likeness (QED) is 0.454. The van der Waals surface area contributed by atoms with Gasteiger partial charge in [-0.1, -0.05) is 24.3 Å². The highest BCUT2D eigenvalue weighted by atomic mass is 16.7. The first-order valence-electron chi connectivity index (χ1n) is 12.0. The van der Waals surface area contributed by atoms with Crippen LogP contribution in [0.1, 0.15) is 49.1 Å². The van der Waals surface area contributed by atoms with E-state index in [0.717, 1.165) is 23.6 Å². The van der Waals surface area contributed by atoms with E-state index in [1.807, 2.05) is 37.3 Å². The summed E-state index contributed by atoms with van der Waals surface area (Å²) in [5, 5.41) is 10.7. The van der Waals surface area contributed by atoms with Crippen molar-refractivity contribution in [3.8, 4) is 11.5 Å². The Labute approximate surface area is 214 Å². The van der Waals surface area contributed by atoms with Gasteiger partial charge in [0, 0.05) is 20.8 Å². The number of esters is 3. The molecule has 1 unspecified atom stereocenters. The number of benzene rings is 2. The number of carbonyl (C=O) groups is 3. The third-order valence-corrected chi connectivity index (χ3v) is 6.12. The molecule has 198 valence electrons. The Morgan fingerprint density at radius 2 is 1.46 bits per heavy atom. The molecule has 0 spiro atoms. The van der Waals surface area contributed by atoms with E-state index in [4.69, 9.17) is 28.4 Å². The SMILES string of the molecule is CC(=O)O[C@@H]1[C@@H](OC(C)=O)[C@H](c2ccc(C)c(Cc3ccc4c(c3)OCCO4)c2)OC(O)[C@H]1OC(C)=O. The molecule has 2 aliphatic heterocycles. The van der Waals surface area contributed by atoms with E-state index < -0.39 is 48.6 Å². The maximum Gasteiger partial charge on any atom is 0.303 e. The molecule has 1 N–H and O–H groups in total. The van der Waals surface area contributed by atoms with Crippen LogP contribution in [0.3, 0.4) is 0 Å². The standard InChI is InChI=1S/C27H30O10/c1-14-5-7-19(13-20(14)11-18-6-8-21-22(12-18)33-10-9-32-21)23-24(34-15(2)28)25(35-16(3)29)26(27(31)37-23)36-17(4)30/h5-8,12-13,23-27,31H,9-11H2,1-4H3/t23-,24-,25+,26-,27?/m0/s1. The van der Waals surface area contributed by atoms with Crippen LogP contribution in [0.15, 0.2) is 36.4 Å². The lowest BCUT2D eigenvalue weighted by molar-refractivity contribution is -0.293. The summed E-state index contributed by atoms with van der Waals surface area (Å²) in [4.78, 5) is 35.5. The molecule has 0 aromatic heterocycles. The van der Waals surface area contributed by atoms with Crippen molar-refractivity contribution in [3.63, 3.8) is 0 Å². The number of ether oxygens (including phenoxy) is 6. The molecular formula is C27H30O10. The third-order valence-electron chi connectivity index (χ3n) is 6.12. The number of carbonyl (C=O) groups excluding carboxylic acids is 3. The molecule has 10 heteroatoms. The molecule has 37 heavy (non-hydrogen) atoms. The summed E-state index contributed by atoms with van der Waals surface area (Å²) in [6.45, 7) is 6.49. The Bertz CT molecular complexity index is 1180. The van der Waals surface area contributed by atoms with Crippen LogP contribution in [0.25, 0.3) is 0 Å². The molecule has 2 aliphatic rings. The van der Waals surface area contributed by atoms with Crippen molar-refractivity contribution >= 4 is 17.9 Å². The second-order valence-corrected chi connectivity index (χ2v) is 9.01. The van der Waals surface area contributed by atoms with Crippen LogP contribution < -0.4 is 9.47 Å². The normalized spacial score (nSPS) is 24.6. The predicted molar refractivity (Wildman–Crippen MR) is 128 cm³/mol. The van der Waals surface area contributed by atoms with E-state index in [0.29, 0.717) is 36.7 Å². The molecule has 1 saturated heterocycles. The number of rotatable bonds is 6. The van der Waals surface area contributed by atoms with Crippen molar-refractivity contribution < 1.29 is 47.9 Å². The zero-order chi connectivity index (χ0) is 26.7. The second kappa shape index (κ2) is 11.2. The molecule has 4 rings (SSSR count). The van der Waals surface area contributed by atoms with Gasteiger partial charge in [-0.25, -0.2) is 0 Å². The van der Waals surface area contributed by atoms with E-state index >= 15 is 0 Å². The van der Waals surface area contributed by atoms with Gasteiger partial charge in [0.2, 0.25) is 0 Å². The molecule has 0 bridgehead atoms. The fourth-order valence-corrected chi connectivity index (χ4v) is 4.53. The molecule has 0 aliphatic carbocycles. The zero-order valence-electron chi connectivity index (χ0n) is 21.1. The number of hydrogen-bond acceptors (Lipinski definition) is 10. The Morgan fingerprint density at radius 1 is 0.838 bits per heavy atom. The molecule has 10 nitrogen and oxygen atoms in total. The van der Waals surface area contributed by atoms with Crippen molar-refractivity contribution in [2.24, 2.45) is 0 Å². The minimum Gasteiger partial charge on any atom is -0.486 e. The predicted octanol–water partition coefficient (Wildman–Crippen LogP) is 2.54. The van der Waals surface area contributed by atoms with Crippen LogP contribution in [0.4, 0.5) is 0 Å². The fourth-order valence-electron chi connectivity index (χ4n) is 4.53.